The first-order chi connectivity index (χ1) is 13.6. The van der Waals surface area contributed by atoms with Crippen molar-refractivity contribution in [2.75, 3.05) is 6.61 Å². The number of unbranched alkanes of at least 4 members (excludes halogenated alkanes) is 1. The van der Waals surface area contributed by atoms with Gasteiger partial charge >= 0.3 is 5.97 Å². The molecule has 2 aromatic carbocycles. The van der Waals surface area contributed by atoms with Gasteiger partial charge in [0.15, 0.2) is 5.78 Å². The number of rotatable bonds is 11. The first kappa shape index (κ1) is 22.2. The van der Waals surface area contributed by atoms with Crippen molar-refractivity contribution in [1.82, 2.24) is 0 Å². The van der Waals surface area contributed by atoms with Crippen molar-refractivity contribution in [3.05, 3.63) is 70.7 Å². The molecule has 2 rings (SSSR count). The highest BCUT2D eigenvalue weighted by Crippen LogP contribution is 2.34. The lowest BCUT2D eigenvalue weighted by Crippen LogP contribution is -2.27. The molecule has 2 atom stereocenters. The van der Waals surface area contributed by atoms with E-state index in [1.165, 1.54) is 0 Å². The Balaban J connectivity index is 2.31. The lowest BCUT2D eigenvalue weighted by atomic mass is 9.79. The molecular formula is C24H29ClO3. The maximum absolute atomic E-state index is 13.0. The molecule has 150 valence electrons. The summed E-state index contributed by atoms with van der Waals surface area (Å²) in [6.45, 7) is 4.49. The largest absolute Gasteiger partial charge is 0.465 e. The van der Waals surface area contributed by atoms with Gasteiger partial charge in [-0.3, -0.25) is 9.59 Å². The molecule has 0 heterocycles. The van der Waals surface area contributed by atoms with Crippen LogP contribution in [0.4, 0.5) is 0 Å². The average Bonchev–Trinajstić information content (AvgIpc) is 2.72. The van der Waals surface area contributed by atoms with Crippen molar-refractivity contribution in [2.24, 2.45) is 5.92 Å². The number of benzene rings is 2. The molecule has 0 bridgehead atoms. The number of hydrogen-bond donors (Lipinski definition) is 0. The van der Waals surface area contributed by atoms with Crippen LogP contribution in [0, 0.1) is 5.92 Å². The van der Waals surface area contributed by atoms with Crippen molar-refractivity contribution in [3.8, 4) is 0 Å². The van der Waals surface area contributed by atoms with E-state index in [1.54, 1.807) is 24.3 Å². The molecule has 4 heteroatoms. The van der Waals surface area contributed by atoms with E-state index in [2.05, 4.69) is 6.92 Å². The van der Waals surface area contributed by atoms with Gasteiger partial charge in [-0.05, 0) is 42.7 Å². The van der Waals surface area contributed by atoms with Crippen LogP contribution in [0.3, 0.4) is 0 Å². The lowest BCUT2D eigenvalue weighted by molar-refractivity contribution is -0.149. The number of carbonyl (C=O) groups excluding carboxylic acids is 2. The summed E-state index contributed by atoms with van der Waals surface area (Å²) in [5, 5.41) is 0.597. The maximum atomic E-state index is 13.0. The monoisotopic (exact) mass is 400 g/mol. The van der Waals surface area contributed by atoms with E-state index in [9.17, 15) is 9.59 Å². The summed E-state index contributed by atoms with van der Waals surface area (Å²) >= 11 is 5.94. The second-order valence-electron chi connectivity index (χ2n) is 7.07. The van der Waals surface area contributed by atoms with Crippen LogP contribution in [0.25, 0.3) is 0 Å². The fourth-order valence-electron chi connectivity index (χ4n) is 3.36. The standard InChI is InChI=1S/C24H29ClO3/c1-3-5-11-21(24(27)28-16-4-2)22(18-9-7-6-8-10-18)17-23(26)19-12-14-20(25)15-13-19/h6-10,12-15,21-22H,3-5,11,16-17H2,1-2H3/t21?,22-/m1/s1. The lowest BCUT2D eigenvalue weighted by Gasteiger charge is -2.26. The summed E-state index contributed by atoms with van der Waals surface area (Å²) in [7, 11) is 0. The minimum absolute atomic E-state index is 0.00955. The molecule has 3 nitrogen and oxygen atoms in total. The second kappa shape index (κ2) is 11.7. The first-order valence-corrected chi connectivity index (χ1v) is 10.4. The van der Waals surface area contributed by atoms with Gasteiger partial charge < -0.3 is 4.74 Å². The molecule has 0 aromatic heterocycles. The number of carbonyl (C=O) groups is 2. The fraction of sp³-hybridized carbons (Fsp3) is 0.417. The van der Waals surface area contributed by atoms with Crippen LogP contribution in [0.2, 0.25) is 5.02 Å². The molecule has 0 aliphatic heterocycles. The van der Waals surface area contributed by atoms with E-state index in [-0.39, 0.29) is 30.0 Å². The van der Waals surface area contributed by atoms with Crippen LogP contribution >= 0.6 is 11.6 Å². The van der Waals surface area contributed by atoms with E-state index < -0.39 is 0 Å². The fourth-order valence-corrected chi connectivity index (χ4v) is 3.49. The Bertz CT molecular complexity index is 740. The Kier molecular flexibility index (Phi) is 9.22. The number of esters is 1. The summed E-state index contributed by atoms with van der Waals surface area (Å²) in [4.78, 5) is 25.8. The van der Waals surface area contributed by atoms with Gasteiger partial charge in [-0.25, -0.2) is 0 Å². The molecule has 0 aliphatic carbocycles. The highest BCUT2D eigenvalue weighted by Gasteiger charge is 2.32. The summed E-state index contributed by atoms with van der Waals surface area (Å²) in [5.74, 6) is -0.728. The molecule has 0 saturated carbocycles. The molecule has 1 unspecified atom stereocenters. The van der Waals surface area contributed by atoms with Gasteiger partial charge in [0.25, 0.3) is 0 Å². The average molecular weight is 401 g/mol. The molecule has 28 heavy (non-hydrogen) atoms. The van der Waals surface area contributed by atoms with Gasteiger partial charge in [-0.1, -0.05) is 68.6 Å². The molecule has 0 spiro atoms. The molecule has 0 radical (unpaired) electrons. The number of hydrogen-bond acceptors (Lipinski definition) is 3. The van der Waals surface area contributed by atoms with E-state index in [0.717, 1.165) is 24.8 Å². The summed E-state index contributed by atoms with van der Waals surface area (Å²) < 4.78 is 5.49. The van der Waals surface area contributed by atoms with Gasteiger partial charge in [-0.15, -0.1) is 0 Å². The van der Waals surface area contributed by atoms with Crippen LogP contribution < -0.4 is 0 Å². The molecule has 0 saturated heterocycles. The SMILES string of the molecule is CCCCC(C(=O)OCCC)[C@H](CC(=O)c1ccc(Cl)cc1)c1ccccc1. The third kappa shape index (κ3) is 6.49. The third-order valence-corrected chi connectivity index (χ3v) is 5.16. The number of ether oxygens (including phenoxy) is 1. The van der Waals surface area contributed by atoms with Gasteiger partial charge in [0.1, 0.15) is 0 Å². The zero-order valence-corrected chi connectivity index (χ0v) is 17.5. The van der Waals surface area contributed by atoms with E-state index in [4.69, 9.17) is 16.3 Å². The van der Waals surface area contributed by atoms with Crippen molar-refractivity contribution >= 4 is 23.4 Å². The highest BCUT2D eigenvalue weighted by molar-refractivity contribution is 6.30. The normalized spacial score (nSPS) is 13.0. The molecule has 0 aliphatic rings. The van der Waals surface area contributed by atoms with Crippen molar-refractivity contribution in [2.45, 2.75) is 51.9 Å². The summed E-state index contributed by atoms with van der Waals surface area (Å²) in [6.07, 6.45) is 3.67. The van der Waals surface area contributed by atoms with Gasteiger partial charge in [0.05, 0.1) is 12.5 Å². The predicted octanol–water partition coefficient (Wildman–Crippen LogP) is 6.46. The van der Waals surface area contributed by atoms with Crippen LogP contribution in [-0.4, -0.2) is 18.4 Å². The summed E-state index contributed by atoms with van der Waals surface area (Å²) in [6, 6.07) is 16.7. The van der Waals surface area contributed by atoms with Crippen molar-refractivity contribution < 1.29 is 14.3 Å². The van der Waals surface area contributed by atoms with Crippen molar-refractivity contribution in [1.29, 1.82) is 0 Å². The van der Waals surface area contributed by atoms with Gasteiger partial charge in [-0.2, -0.15) is 0 Å². The minimum atomic E-state index is -0.329. The Morgan fingerprint density at radius 1 is 0.964 bits per heavy atom. The second-order valence-corrected chi connectivity index (χ2v) is 7.50. The van der Waals surface area contributed by atoms with Crippen LogP contribution in [0.5, 0.6) is 0 Å². The van der Waals surface area contributed by atoms with Gasteiger partial charge in [0.2, 0.25) is 0 Å². The maximum Gasteiger partial charge on any atom is 0.309 e. The zero-order chi connectivity index (χ0) is 20.4. The Labute approximate surface area is 173 Å². The van der Waals surface area contributed by atoms with E-state index in [1.807, 2.05) is 37.3 Å². The molecule has 0 fully saturated rings. The Hall–Kier alpha value is -2.13. The van der Waals surface area contributed by atoms with Crippen LogP contribution in [-0.2, 0) is 9.53 Å². The Morgan fingerprint density at radius 2 is 1.64 bits per heavy atom. The molecule has 0 N–H and O–H groups in total. The molecule has 2 aromatic rings. The zero-order valence-electron chi connectivity index (χ0n) is 16.7. The minimum Gasteiger partial charge on any atom is -0.465 e. The van der Waals surface area contributed by atoms with Crippen LogP contribution in [0.15, 0.2) is 54.6 Å². The van der Waals surface area contributed by atoms with Crippen LogP contribution in [0.1, 0.15) is 67.8 Å². The highest BCUT2D eigenvalue weighted by atomic mass is 35.5. The number of halogens is 1. The number of Topliss-reactive ketones (excluding diaryl/α,β-unsaturated/α-hetero) is 1. The van der Waals surface area contributed by atoms with Crippen molar-refractivity contribution in [3.63, 3.8) is 0 Å². The van der Waals surface area contributed by atoms with Gasteiger partial charge in [0, 0.05) is 22.9 Å². The van der Waals surface area contributed by atoms with E-state index in [0.29, 0.717) is 23.6 Å². The molecule has 0 amide bonds. The topological polar surface area (TPSA) is 43.4 Å². The summed E-state index contributed by atoms with van der Waals surface area (Å²) in [5.41, 5.74) is 1.61. The number of ketones is 1. The predicted molar refractivity (Wildman–Crippen MR) is 114 cm³/mol. The Morgan fingerprint density at radius 3 is 2.25 bits per heavy atom. The quantitative estimate of drug-likeness (QED) is 0.321. The molecular weight excluding hydrogens is 372 g/mol. The smallest absolute Gasteiger partial charge is 0.309 e. The van der Waals surface area contributed by atoms with E-state index >= 15 is 0 Å². The third-order valence-electron chi connectivity index (χ3n) is 4.90. The first-order valence-electron chi connectivity index (χ1n) is 10.1.